The molecule has 0 atom stereocenters. The molecule has 3 N–H and O–H groups in total. The van der Waals surface area contributed by atoms with Crippen LogP contribution in [0.25, 0.3) is 0 Å². The first-order chi connectivity index (χ1) is 9.33. The summed E-state index contributed by atoms with van der Waals surface area (Å²) < 4.78 is 31.5. The van der Waals surface area contributed by atoms with Crippen LogP contribution >= 0.6 is 11.6 Å². The van der Waals surface area contributed by atoms with Crippen LogP contribution in [-0.4, -0.2) is 58.7 Å². The van der Waals surface area contributed by atoms with E-state index in [1.165, 1.54) is 6.07 Å². The fourth-order valence-corrected chi connectivity index (χ4v) is 2.47. The summed E-state index contributed by atoms with van der Waals surface area (Å²) in [6.45, 7) is 1.80. The first-order valence-corrected chi connectivity index (χ1v) is 7.82. The van der Waals surface area contributed by atoms with Gasteiger partial charge >= 0.3 is 0 Å². The topological polar surface area (TPSA) is 97.5 Å². The second-order valence-corrected chi connectivity index (χ2v) is 6.53. The van der Waals surface area contributed by atoms with Crippen molar-refractivity contribution in [3.05, 3.63) is 17.3 Å². The van der Waals surface area contributed by atoms with Crippen molar-refractivity contribution in [2.24, 2.45) is 0 Å². The number of nitrogens with one attached hydrogen (secondary N) is 1. The largest absolute Gasteiger partial charge is 0.382 e. The number of nitrogen functional groups attached to an aromatic ring is 1. The lowest BCUT2D eigenvalue weighted by Crippen LogP contribution is -2.28. The predicted molar refractivity (Wildman–Crippen MR) is 78.2 cm³/mol. The predicted octanol–water partition coefficient (Wildman–Crippen LogP) is 0.174. The van der Waals surface area contributed by atoms with Crippen LogP contribution in [0.2, 0.25) is 5.02 Å². The van der Waals surface area contributed by atoms with Crippen LogP contribution < -0.4 is 10.5 Å². The molecule has 0 saturated carbocycles. The van der Waals surface area contributed by atoms with E-state index in [0.29, 0.717) is 13.2 Å². The highest BCUT2D eigenvalue weighted by Crippen LogP contribution is 2.19. The molecule has 0 radical (unpaired) electrons. The van der Waals surface area contributed by atoms with Crippen molar-refractivity contribution in [1.82, 2.24) is 14.6 Å². The molecule has 0 aliphatic rings. The van der Waals surface area contributed by atoms with Crippen LogP contribution in [-0.2, 0) is 14.8 Å². The molecule has 0 aromatic carbocycles. The van der Waals surface area contributed by atoms with Crippen LogP contribution in [0.5, 0.6) is 0 Å². The molecule has 0 fully saturated rings. The smallest absolute Gasteiger partial charge is 0.242 e. The lowest BCUT2D eigenvalue weighted by Gasteiger charge is -2.10. The fraction of sp³-hybridized carbons (Fsp3) is 0.545. The quantitative estimate of drug-likeness (QED) is 0.662. The van der Waals surface area contributed by atoms with Gasteiger partial charge in [-0.2, -0.15) is 0 Å². The van der Waals surface area contributed by atoms with Gasteiger partial charge in [-0.25, -0.2) is 18.1 Å². The van der Waals surface area contributed by atoms with Gasteiger partial charge in [0.1, 0.15) is 10.7 Å². The van der Waals surface area contributed by atoms with Crippen LogP contribution in [0.1, 0.15) is 0 Å². The molecule has 0 aliphatic carbocycles. The van der Waals surface area contributed by atoms with Gasteiger partial charge in [0, 0.05) is 19.3 Å². The average Bonchev–Trinajstić information content (AvgIpc) is 2.36. The Bertz CT molecular complexity index is 536. The summed E-state index contributed by atoms with van der Waals surface area (Å²) >= 11 is 5.74. The van der Waals surface area contributed by atoms with E-state index in [4.69, 9.17) is 22.1 Å². The molecular formula is C11H19ClN4O3S. The summed E-state index contributed by atoms with van der Waals surface area (Å²) in [4.78, 5) is 5.67. The van der Waals surface area contributed by atoms with Crippen molar-refractivity contribution in [2.75, 3.05) is 46.1 Å². The van der Waals surface area contributed by atoms with E-state index >= 15 is 0 Å². The number of likely N-dealkylation sites (N-methyl/N-ethyl adjacent to an activating group) is 1. The Kier molecular flexibility index (Phi) is 6.63. The summed E-state index contributed by atoms with van der Waals surface area (Å²) in [6.07, 6.45) is 1.16. The van der Waals surface area contributed by atoms with Crippen molar-refractivity contribution in [1.29, 1.82) is 0 Å². The first-order valence-electron chi connectivity index (χ1n) is 5.96. The lowest BCUT2D eigenvalue weighted by atomic mass is 10.5. The maximum absolute atomic E-state index is 11.9. The Morgan fingerprint density at radius 2 is 2.15 bits per heavy atom. The normalized spacial score (nSPS) is 12.0. The number of nitrogens with two attached hydrogens (primary N) is 1. The molecule has 0 bridgehead atoms. The van der Waals surface area contributed by atoms with E-state index in [1.54, 1.807) is 0 Å². The Hall–Kier alpha value is -0.930. The van der Waals surface area contributed by atoms with Crippen LogP contribution in [0.15, 0.2) is 17.2 Å². The van der Waals surface area contributed by atoms with Gasteiger partial charge in [-0.15, -0.1) is 0 Å². The zero-order chi connectivity index (χ0) is 15.2. The van der Waals surface area contributed by atoms with Gasteiger partial charge < -0.3 is 15.4 Å². The molecule has 114 valence electrons. The highest BCUT2D eigenvalue weighted by Gasteiger charge is 2.15. The fourth-order valence-electron chi connectivity index (χ4n) is 1.26. The van der Waals surface area contributed by atoms with Crippen molar-refractivity contribution in [2.45, 2.75) is 4.90 Å². The van der Waals surface area contributed by atoms with Crippen molar-refractivity contribution in [3.8, 4) is 0 Å². The molecule has 1 aromatic rings. The van der Waals surface area contributed by atoms with Gasteiger partial charge in [0.15, 0.2) is 0 Å². The number of ether oxygens (including phenoxy) is 1. The molecule has 9 heteroatoms. The zero-order valence-electron chi connectivity index (χ0n) is 11.5. The lowest BCUT2D eigenvalue weighted by molar-refractivity contribution is 0.122. The van der Waals surface area contributed by atoms with E-state index in [0.717, 1.165) is 12.7 Å². The summed E-state index contributed by atoms with van der Waals surface area (Å²) in [7, 11) is 0.223. The van der Waals surface area contributed by atoms with Gasteiger partial charge in [-0.05, 0) is 20.2 Å². The second kappa shape index (κ2) is 7.75. The molecule has 1 heterocycles. The molecule has 7 nitrogen and oxygen atoms in total. The van der Waals surface area contributed by atoms with Crippen molar-refractivity contribution >= 4 is 27.4 Å². The molecule has 0 saturated heterocycles. The molecule has 0 spiro atoms. The van der Waals surface area contributed by atoms with Crippen LogP contribution in [0.4, 0.5) is 5.82 Å². The molecule has 0 amide bonds. The van der Waals surface area contributed by atoms with Crippen molar-refractivity contribution < 1.29 is 13.2 Å². The van der Waals surface area contributed by atoms with Gasteiger partial charge in [0.25, 0.3) is 0 Å². The minimum Gasteiger partial charge on any atom is -0.382 e. The minimum atomic E-state index is -3.65. The summed E-state index contributed by atoms with van der Waals surface area (Å²) in [5.41, 5.74) is 5.43. The first kappa shape index (κ1) is 17.1. The van der Waals surface area contributed by atoms with E-state index in [2.05, 4.69) is 9.71 Å². The van der Waals surface area contributed by atoms with E-state index in [9.17, 15) is 8.42 Å². The number of rotatable bonds is 8. The number of hydrogen-bond acceptors (Lipinski definition) is 6. The Morgan fingerprint density at radius 3 is 2.75 bits per heavy atom. The standard InChI is InChI=1S/C11H19ClN4O3S/c1-16(2)4-6-19-5-3-15-20(17,18)9-7-10(12)11(13)14-8-9/h7-8,15H,3-6H2,1-2H3,(H2,13,14). The van der Waals surface area contributed by atoms with Gasteiger partial charge in [-0.3, -0.25) is 0 Å². The third-order valence-corrected chi connectivity index (χ3v) is 4.11. The van der Waals surface area contributed by atoms with E-state index in [-0.39, 0.29) is 22.3 Å². The van der Waals surface area contributed by atoms with E-state index in [1.807, 2.05) is 19.0 Å². The van der Waals surface area contributed by atoms with Gasteiger partial charge in [0.05, 0.1) is 18.2 Å². The number of pyridine rings is 1. The van der Waals surface area contributed by atoms with Crippen LogP contribution in [0.3, 0.4) is 0 Å². The second-order valence-electron chi connectivity index (χ2n) is 4.35. The molecule has 1 aromatic heterocycles. The number of aromatic nitrogens is 1. The highest BCUT2D eigenvalue weighted by atomic mass is 35.5. The zero-order valence-corrected chi connectivity index (χ0v) is 13.0. The molecular weight excluding hydrogens is 304 g/mol. The highest BCUT2D eigenvalue weighted by molar-refractivity contribution is 7.89. The Balaban J connectivity index is 2.43. The molecule has 0 aliphatic heterocycles. The molecule has 0 unspecified atom stereocenters. The number of hydrogen-bond donors (Lipinski definition) is 2. The van der Waals surface area contributed by atoms with E-state index < -0.39 is 10.0 Å². The number of halogens is 1. The average molecular weight is 323 g/mol. The maximum atomic E-state index is 11.9. The SMILES string of the molecule is CN(C)CCOCCNS(=O)(=O)c1cnc(N)c(Cl)c1. The third-order valence-electron chi connectivity index (χ3n) is 2.38. The van der Waals surface area contributed by atoms with Crippen molar-refractivity contribution in [3.63, 3.8) is 0 Å². The Labute approximate surface area is 124 Å². The van der Waals surface area contributed by atoms with Gasteiger partial charge in [0.2, 0.25) is 10.0 Å². The monoisotopic (exact) mass is 322 g/mol. The van der Waals surface area contributed by atoms with Gasteiger partial charge in [-0.1, -0.05) is 11.6 Å². The maximum Gasteiger partial charge on any atom is 0.242 e. The summed E-state index contributed by atoms with van der Waals surface area (Å²) in [5.74, 6) is 0.0950. The number of anilines is 1. The summed E-state index contributed by atoms with van der Waals surface area (Å²) in [5, 5.41) is 0.107. The number of nitrogens with zero attached hydrogens (tertiary/aromatic N) is 2. The summed E-state index contributed by atoms with van der Waals surface area (Å²) in [6, 6.07) is 1.26. The molecule has 1 rings (SSSR count). The Morgan fingerprint density at radius 1 is 1.45 bits per heavy atom. The number of sulfonamides is 1. The minimum absolute atomic E-state index is 0.0232. The molecule has 20 heavy (non-hydrogen) atoms. The van der Waals surface area contributed by atoms with Crippen LogP contribution in [0, 0.1) is 0 Å². The third kappa shape index (κ3) is 5.59.